The number of carbonyl (C=O) groups excluding carboxylic acids is 2. The Bertz CT molecular complexity index is 3340. The first-order valence-corrected chi connectivity index (χ1v) is 26.3. The highest BCUT2D eigenvalue weighted by Gasteiger charge is 2.47. The number of hydrogen-bond donors (Lipinski definition) is 0. The molecule has 4 nitrogen and oxygen atoms in total. The molecule has 30 heteroatoms. The Balaban J connectivity index is 0.000000298. The van der Waals surface area contributed by atoms with E-state index >= 15 is 0 Å². The van der Waals surface area contributed by atoms with Crippen molar-refractivity contribution in [3.05, 3.63) is 245 Å². The van der Waals surface area contributed by atoms with Crippen LogP contribution in [0.2, 0.25) is 0 Å². The van der Waals surface area contributed by atoms with Crippen LogP contribution in [0.1, 0.15) is 76.7 Å². The zero-order valence-electron chi connectivity index (χ0n) is 43.0. The molecule has 88 heavy (non-hydrogen) atoms. The van der Waals surface area contributed by atoms with Crippen LogP contribution in [0, 0.1) is 7.53 Å². The Labute approximate surface area is 488 Å². The molecular formula is C58H30BF24IO4. The molecule has 0 fully saturated rings. The summed E-state index contributed by atoms with van der Waals surface area (Å²) in [6.45, 7) is 0. The average Bonchev–Trinajstić information content (AvgIpc) is 0.867. The molecule has 0 unspecified atom stereocenters. The summed E-state index contributed by atoms with van der Waals surface area (Å²) >= 11 is -0.775. The Morgan fingerprint density at radius 3 is 0.727 bits per heavy atom. The van der Waals surface area contributed by atoms with Gasteiger partial charge in [-0.1, -0.05) is 121 Å². The van der Waals surface area contributed by atoms with Crippen LogP contribution in [0.15, 0.2) is 179 Å². The summed E-state index contributed by atoms with van der Waals surface area (Å²) in [6.07, 6.45) is -48.3. The Kier molecular flexibility index (Phi) is 18.9. The lowest BCUT2D eigenvalue weighted by molar-refractivity contribution is -0.636. The minimum atomic E-state index is -6.13. The summed E-state index contributed by atoms with van der Waals surface area (Å²) in [6, 6.07) is 17.3. The van der Waals surface area contributed by atoms with E-state index in [1.807, 2.05) is 60.7 Å². The normalized spacial score (nSPS) is 13.3. The molecule has 0 atom stereocenters. The van der Waals surface area contributed by atoms with E-state index in [-0.39, 0.29) is 23.1 Å². The second-order valence-corrected chi connectivity index (χ2v) is 21.4. The van der Waals surface area contributed by atoms with Gasteiger partial charge in [-0.3, -0.25) is 9.59 Å². The number of ketones is 2. The van der Waals surface area contributed by atoms with Crippen molar-refractivity contribution in [1.29, 1.82) is 0 Å². The second-order valence-electron chi connectivity index (χ2n) is 18.7. The lowest BCUT2D eigenvalue weighted by atomic mass is 9.12. The molecule has 0 spiro atoms. The van der Waals surface area contributed by atoms with Gasteiger partial charge in [-0.05, 0) is 59.7 Å². The van der Waals surface area contributed by atoms with Gasteiger partial charge in [0, 0.05) is 12.1 Å². The van der Waals surface area contributed by atoms with Crippen molar-refractivity contribution in [2.24, 2.45) is 0 Å². The SMILES string of the molecule is FC(F)(F)c1cc([B-](c2cc(C(F)(F)F)cc(C(F)(F)F)c2)(c2cc(C(F)(F)F)cc(C(F)(F)F)c2)c2cc(C(F)(F)F)cc(C(F)(F)F)c2)cc(C(F)(F)F)c1.O=C(C=Cc1ccccc1)c1ccc([I+]c2ccc(C(=O)C=Cc3ccccc3)o2)o1. The van der Waals surface area contributed by atoms with E-state index in [1.54, 1.807) is 36.4 Å². The number of furan rings is 2. The summed E-state index contributed by atoms with van der Waals surface area (Å²) in [7, 11) is 0. The van der Waals surface area contributed by atoms with Crippen molar-refractivity contribution in [2.45, 2.75) is 49.4 Å². The molecule has 8 rings (SSSR count). The number of alkyl halides is 24. The van der Waals surface area contributed by atoms with Crippen LogP contribution in [0.25, 0.3) is 12.2 Å². The molecule has 0 amide bonds. The van der Waals surface area contributed by atoms with Crippen LogP contribution >= 0.6 is 0 Å². The molecule has 0 radical (unpaired) electrons. The van der Waals surface area contributed by atoms with Crippen LogP contribution < -0.4 is 43.1 Å². The first-order valence-electron chi connectivity index (χ1n) is 24.2. The van der Waals surface area contributed by atoms with Gasteiger partial charge in [-0.15, -0.1) is 0 Å². The third-order valence-electron chi connectivity index (χ3n) is 12.7. The third-order valence-corrected chi connectivity index (χ3v) is 14.9. The molecule has 8 aromatic rings. The van der Waals surface area contributed by atoms with Gasteiger partial charge < -0.3 is 8.83 Å². The Morgan fingerprint density at radius 2 is 0.523 bits per heavy atom. The van der Waals surface area contributed by atoms with Gasteiger partial charge in [0.15, 0.2) is 11.5 Å². The number of rotatable bonds is 12. The number of carbonyl (C=O) groups is 2. The average molecular weight is 1380 g/mol. The van der Waals surface area contributed by atoms with Gasteiger partial charge in [0.05, 0.1) is 44.5 Å². The topological polar surface area (TPSA) is 60.4 Å². The maximum Gasteiger partial charge on any atom is 0.443 e. The number of halogens is 25. The fourth-order valence-electron chi connectivity index (χ4n) is 8.79. The number of allylic oxidation sites excluding steroid dienone is 2. The van der Waals surface area contributed by atoms with Crippen molar-refractivity contribution in [2.75, 3.05) is 0 Å². The fraction of sp³-hybridized carbons (Fsp3) is 0.138. The molecular weight excluding hydrogens is 1350 g/mol. The molecule has 2 aromatic heterocycles. The van der Waals surface area contributed by atoms with Crippen molar-refractivity contribution in [3.8, 4) is 0 Å². The van der Waals surface area contributed by atoms with Crippen LogP contribution in [0.3, 0.4) is 0 Å². The van der Waals surface area contributed by atoms with Crippen molar-refractivity contribution >= 4 is 51.7 Å². The van der Waals surface area contributed by atoms with Crippen molar-refractivity contribution in [1.82, 2.24) is 0 Å². The summed E-state index contributed by atoms with van der Waals surface area (Å²) in [5, 5.41) is 0. The van der Waals surface area contributed by atoms with Crippen LogP contribution in [0.4, 0.5) is 105 Å². The zero-order valence-corrected chi connectivity index (χ0v) is 45.1. The molecule has 0 saturated heterocycles. The smallest absolute Gasteiger partial charge is 0.415 e. The van der Waals surface area contributed by atoms with Crippen molar-refractivity contribution < 1.29 is 145 Å². The first-order chi connectivity index (χ1) is 40.4. The largest absolute Gasteiger partial charge is 0.443 e. The molecule has 0 aliphatic heterocycles. The number of benzene rings is 6. The summed E-state index contributed by atoms with van der Waals surface area (Å²) in [5.41, 5.74) is -28.3. The molecule has 6 aromatic carbocycles. The summed E-state index contributed by atoms with van der Waals surface area (Å²) < 4.78 is 354. The molecule has 464 valence electrons. The first kappa shape index (κ1) is 67.3. The van der Waals surface area contributed by atoms with E-state index in [0.717, 1.165) is 11.1 Å². The van der Waals surface area contributed by atoms with Crippen molar-refractivity contribution in [3.63, 3.8) is 0 Å². The van der Waals surface area contributed by atoms with Crippen LogP contribution in [-0.2, 0) is 49.4 Å². The van der Waals surface area contributed by atoms with Gasteiger partial charge in [-0.2, -0.15) is 127 Å². The second kappa shape index (κ2) is 24.8. The fourth-order valence-corrected chi connectivity index (χ4v) is 10.7. The molecule has 0 bridgehead atoms. The molecule has 0 aliphatic rings. The summed E-state index contributed by atoms with van der Waals surface area (Å²) in [5.74, 6) is 0.187. The standard InChI is InChI=1S/C32H12BF24.C26H18IO4/c34-25(35,36)13-1-14(26(37,38)39)6-21(5-13)33(22-7-15(27(40,41)42)2-16(8-22)28(43,44)45,23-9-17(29(46,47)48)3-18(10-23)30(49,50)51)24-11-19(31(52,53)54)4-20(12-24)32(55,56)57;28-21(13-11-19-7-3-1-4-8-19)23-15-17-25(30-23)27-26-18-16-24(31-26)22(29)14-12-20-9-5-2-6-10-20/h1-12H;1-18H/q-1;+1. The quantitative estimate of drug-likeness (QED) is 0.0402. The summed E-state index contributed by atoms with van der Waals surface area (Å²) in [4.78, 5) is 24.6. The molecule has 0 aliphatic carbocycles. The Morgan fingerprint density at radius 1 is 0.307 bits per heavy atom. The van der Waals surface area contributed by atoms with Gasteiger partial charge in [0.1, 0.15) is 6.15 Å². The highest BCUT2D eigenvalue weighted by molar-refractivity contribution is 7.20. The van der Waals surface area contributed by atoms with Crippen LogP contribution in [0.5, 0.6) is 0 Å². The lowest BCUT2D eigenvalue weighted by Gasteiger charge is -2.46. The predicted molar refractivity (Wildman–Crippen MR) is 264 cm³/mol. The van der Waals surface area contributed by atoms with E-state index in [9.17, 15) is 115 Å². The highest BCUT2D eigenvalue weighted by atomic mass is 127. The minimum absolute atomic E-state index is 0.194. The molecule has 2 heterocycles. The zero-order chi connectivity index (χ0) is 65.4. The number of hydrogen-bond acceptors (Lipinski definition) is 4. The van der Waals surface area contributed by atoms with E-state index < -0.39 is 216 Å². The van der Waals surface area contributed by atoms with Gasteiger partial charge in [0.25, 0.3) is 0 Å². The van der Waals surface area contributed by atoms with E-state index in [1.165, 1.54) is 12.2 Å². The highest BCUT2D eigenvalue weighted by Crippen LogP contribution is 2.41. The molecule has 0 N–H and O–H groups in total. The van der Waals surface area contributed by atoms with E-state index in [0.29, 0.717) is 7.53 Å². The maximum absolute atomic E-state index is 14.2. The monoisotopic (exact) mass is 1380 g/mol. The molecule has 0 saturated carbocycles. The Hall–Kier alpha value is -8.19. The predicted octanol–water partition coefficient (Wildman–Crippen LogP) is 14.0. The minimum Gasteiger partial charge on any atom is -0.415 e. The van der Waals surface area contributed by atoms with E-state index in [4.69, 9.17) is 8.83 Å². The van der Waals surface area contributed by atoms with Gasteiger partial charge in [0.2, 0.25) is 11.6 Å². The van der Waals surface area contributed by atoms with Gasteiger partial charge >= 0.3 is 78.1 Å². The maximum atomic E-state index is 14.2. The van der Waals surface area contributed by atoms with Crippen LogP contribution in [-0.4, -0.2) is 17.7 Å². The van der Waals surface area contributed by atoms with E-state index in [2.05, 4.69) is 0 Å². The lowest BCUT2D eigenvalue weighted by Crippen LogP contribution is -3.61. The third kappa shape index (κ3) is 16.3. The van der Waals surface area contributed by atoms with Gasteiger partial charge in [-0.25, -0.2) is 0 Å².